The van der Waals surface area contributed by atoms with E-state index < -0.39 is 5.97 Å². The Kier molecular flexibility index (Phi) is 6.94. The van der Waals surface area contributed by atoms with Crippen LogP contribution in [0.1, 0.15) is 16.7 Å². The maximum Gasteiger partial charge on any atom is 0.336 e. The molecule has 0 N–H and O–H groups in total. The summed E-state index contributed by atoms with van der Waals surface area (Å²) in [6.45, 7) is 0.453. The fourth-order valence-corrected chi connectivity index (χ4v) is 4.32. The minimum atomic E-state index is -0.455. The quantitative estimate of drug-likeness (QED) is 0.205. The Labute approximate surface area is 196 Å². The standard InChI is InChI=1S/C26H19NO3S2/c28-24(16-13-19-7-3-1-4-8-19)30-22-14-11-20(12-15-22)17-23-25(29)27(26(31)32-23)18-21-9-5-2-6-10-21/h1-17H,18H2/b16-13+,23-17-. The fraction of sp³-hybridized carbons (Fsp3) is 0.0385. The van der Waals surface area contributed by atoms with Crippen LogP contribution in [0, 0.1) is 0 Å². The van der Waals surface area contributed by atoms with Crippen molar-refractivity contribution >= 4 is 52.3 Å². The lowest BCUT2D eigenvalue weighted by molar-refractivity contribution is -0.129. The Morgan fingerprint density at radius 2 is 1.56 bits per heavy atom. The van der Waals surface area contributed by atoms with Gasteiger partial charge in [-0.25, -0.2) is 4.79 Å². The molecular weight excluding hydrogens is 438 g/mol. The minimum absolute atomic E-state index is 0.106. The molecule has 6 heteroatoms. The number of carbonyl (C=O) groups excluding carboxylic acids is 2. The second kappa shape index (κ2) is 10.2. The molecule has 0 radical (unpaired) electrons. The van der Waals surface area contributed by atoms with E-state index in [1.54, 1.807) is 41.3 Å². The van der Waals surface area contributed by atoms with Gasteiger partial charge in [-0.3, -0.25) is 9.69 Å². The zero-order chi connectivity index (χ0) is 22.3. The third-order valence-electron chi connectivity index (χ3n) is 4.66. The van der Waals surface area contributed by atoms with Crippen molar-refractivity contribution in [2.24, 2.45) is 0 Å². The molecule has 0 atom stereocenters. The van der Waals surface area contributed by atoms with Crippen molar-refractivity contribution < 1.29 is 14.3 Å². The van der Waals surface area contributed by atoms with E-state index in [4.69, 9.17) is 17.0 Å². The molecule has 0 unspecified atom stereocenters. The minimum Gasteiger partial charge on any atom is -0.423 e. The van der Waals surface area contributed by atoms with Crippen LogP contribution in [0.3, 0.4) is 0 Å². The monoisotopic (exact) mass is 457 g/mol. The fourth-order valence-electron chi connectivity index (χ4n) is 3.06. The summed E-state index contributed by atoms with van der Waals surface area (Å²) in [5, 5.41) is 0. The van der Waals surface area contributed by atoms with E-state index in [2.05, 4.69) is 0 Å². The van der Waals surface area contributed by atoms with E-state index in [-0.39, 0.29) is 5.91 Å². The second-order valence-electron chi connectivity index (χ2n) is 6.99. The van der Waals surface area contributed by atoms with Gasteiger partial charge >= 0.3 is 5.97 Å². The molecule has 0 bridgehead atoms. The van der Waals surface area contributed by atoms with Gasteiger partial charge in [0.1, 0.15) is 10.1 Å². The van der Waals surface area contributed by atoms with Crippen molar-refractivity contribution in [1.29, 1.82) is 0 Å². The number of hydrogen-bond donors (Lipinski definition) is 0. The van der Waals surface area contributed by atoms with Crippen molar-refractivity contribution in [2.45, 2.75) is 6.54 Å². The van der Waals surface area contributed by atoms with E-state index in [0.29, 0.717) is 21.5 Å². The molecule has 0 aliphatic carbocycles. The second-order valence-corrected chi connectivity index (χ2v) is 8.66. The molecule has 0 aromatic heterocycles. The first-order valence-electron chi connectivity index (χ1n) is 9.93. The third-order valence-corrected chi connectivity index (χ3v) is 6.04. The first kappa shape index (κ1) is 21.7. The zero-order valence-corrected chi connectivity index (χ0v) is 18.6. The number of amides is 1. The van der Waals surface area contributed by atoms with Crippen molar-refractivity contribution in [2.75, 3.05) is 0 Å². The van der Waals surface area contributed by atoms with Gasteiger partial charge in [0.05, 0.1) is 11.4 Å². The van der Waals surface area contributed by atoms with Crippen LogP contribution in [0.25, 0.3) is 12.2 Å². The molecule has 1 saturated heterocycles. The van der Waals surface area contributed by atoms with E-state index in [0.717, 1.165) is 16.7 Å². The molecule has 1 aliphatic rings. The molecule has 4 nitrogen and oxygen atoms in total. The number of carbonyl (C=O) groups is 2. The first-order chi connectivity index (χ1) is 15.6. The van der Waals surface area contributed by atoms with Crippen LogP contribution in [0.2, 0.25) is 0 Å². The molecule has 1 aliphatic heterocycles. The summed E-state index contributed by atoms with van der Waals surface area (Å²) in [6, 6.07) is 26.3. The lowest BCUT2D eigenvalue weighted by Crippen LogP contribution is -2.27. The Bertz CT molecular complexity index is 1190. The molecule has 0 saturated carbocycles. The van der Waals surface area contributed by atoms with Gasteiger partial charge in [-0.15, -0.1) is 0 Å². The Morgan fingerprint density at radius 1 is 0.906 bits per heavy atom. The lowest BCUT2D eigenvalue weighted by Gasteiger charge is -2.14. The van der Waals surface area contributed by atoms with Gasteiger partial charge in [-0.2, -0.15) is 0 Å². The predicted octanol–water partition coefficient (Wildman–Crippen LogP) is 5.71. The zero-order valence-electron chi connectivity index (χ0n) is 17.0. The summed E-state index contributed by atoms with van der Waals surface area (Å²) in [5.41, 5.74) is 2.77. The van der Waals surface area contributed by atoms with Crippen molar-refractivity contribution in [1.82, 2.24) is 4.90 Å². The van der Waals surface area contributed by atoms with E-state index >= 15 is 0 Å². The predicted molar refractivity (Wildman–Crippen MR) is 133 cm³/mol. The summed E-state index contributed by atoms with van der Waals surface area (Å²) in [7, 11) is 0. The summed E-state index contributed by atoms with van der Waals surface area (Å²) >= 11 is 6.69. The van der Waals surface area contributed by atoms with Crippen molar-refractivity contribution in [3.63, 3.8) is 0 Å². The third kappa shape index (κ3) is 5.60. The lowest BCUT2D eigenvalue weighted by atomic mass is 10.2. The van der Waals surface area contributed by atoms with Crippen molar-refractivity contribution in [3.8, 4) is 5.75 Å². The number of hydrogen-bond acceptors (Lipinski definition) is 5. The maximum absolute atomic E-state index is 12.8. The smallest absolute Gasteiger partial charge is 0.336 e. The van der Waals surface area contributed by atoms with Crippen LogP contribution >= 0.6 is 24.0 Å². The highest BCUT2D eigenvalue weighted by atomic mass is 32.2. The number of rotatable bonds is 6. The van der Waals surface area contributed by atoms with Crippen molar-refractivity contribution in [3.05, 3.63) is 113 Å². The number of thioether (sulfide) groups is 1. The summed E-state index contributed by atoms with van der Waals surface area (Å²) in [4.78, 5) is 27.0. The number of benzene rings is 3. The molecule has 1 fully saturated rings. The molecule has 3 aromatic carbocycles. The van der Waals surface area contributed by atoms with E-state index in [9.17, 15) is 9.59 Å². The van der Waals surface area contributed by atoms with Gasteiger partial charge in [-0.1, -0.05) is 96.8 Å². The number of nitrogens with zero attached hydrogens (tertiary/aromatic N) is 1. The largest absolute Gasteiger partial charge is 0.423 e. The summed E-state index contributed by atoms with van der Waals surface area (Å²) in [5.74, 6) is -0.129. The highest BCUT2D eigenvalue weighted by Gasteiger charge is 2.31. The SMILES string of the molecule is O=C(/C=C/c1ccccc1)Oc1ccc(/C=C2\SC(=S)N(Cc3ccccc3)C2=O)cc1. The van der Waals surface area contributed by atoms with Crippen LogP contribution in [0.15, 0.2) is 95.9 Å². The van der Waals surface area contributed by atoms with Gasteiger partial charge in [0.2, 0.25) is 0 Å². The summed E-state index contributed by atoms with van der Waals surface area (Å²) < 4.78 is 5.88. The number of esters is 1. The molecule has 32 heavy (non-hydrogen) atoms. The van der Waals surface area contributed by atoms with Crippen LogP contribution in [-0.2, 0) is 16.1 Å². The van der Waals surface area contributed by atoms with E-state index in [1.165, 1.54) is 17.8 Å². The van der Waals surface area contributed by atoms with Gasteiger partial charge in [-0.05, 0) is 41.0 Å². The number of thiocarbonyl (C=S) groups is 1. The topological polar surface area (TPSA) is 46.6 Å². The van der Waals surface area contributed by atoms with Crippen LogP contribution in [0.5, 0.6) is 5.75 Å². The van der Waals surface area contributed by atoms with E-state index in [1.807, 2.05) is 60.7 Å². The molecule has 158 valence electrons. The van der Waals surface area contributed by atoms with Gasteiger partial charge in [0.15, 0.2) is 0 Å². The first-order valence-corrected chi connectivity index (χ1v) is 11.2. The van der Waals surface area contributed by atoms with Gasteiger partial charge < -0.3 is 4.74 Å². The maximum atomic E-state index is 12.8. The Balaban J connectivity index is 1.38. The van der Waals surface area contributed by atoms with Crippen LogP contribution in [-0.4, -0.2) is 21.1 Å². The normalized spacial score (nSPS) is 15.0. The molecule has 0 spiro atoms. The molecular formula is C26H19NO3S2. The molecule has 4 rings (SSSR count). The van der Waals surface area contributed by atoms with Gasteiger partial charge in [0, 0.05) is 6.08 Å². The Morgan fingerprint density at radius 3 is 2.25 bits per heavy atom. The highest BCUT2D eigenvalue weighted by molar-refractivity contribution is 8.26. The van der Waals surface area contributed by atoms with Crippen LogP contribution < -0.4 is 4.74 Å². The van der Waals surface area contributed by atoms with Crippen LogP contribution in [0.4, 0.5) is 0 Å². The van der Waals surface area contributed by atoms with Gasteiger partial charge in [0.25, 0.3) is 5.91 Å². The molecule has 1 amide bonds. The molecule has 1 heterocycles. The Hall–Kier alpha value is -3.48. The summed E-state index contributed by atoms with van der Waals surface area (Å²) in [6.07, 6.45) is 4.89. The average molecular weight is 458 g/mol. The number of ether oxygens (including phenoxy) is 1. The highest BCUT2D eigenvalue weighted by Crippen LogP contribution is 2.33. The average Bonchev–Trinajstić information content (AvgIpc) is 3.08. The molecule has 3 aromatic rings.